The first kappa shape index (κ1) is 19.7. The third-order valence-electron chi connectivity index (χ3n) is 4.57. The highest BCUT2D eigenvalue weighted by molar-refractivity contribution is 7.12. The van der Waals surface area contributed by atoms with Crippen LogP contribution in [0.1, 0.15) is 21.3 Å². The molecule has 0 unspecified atom stereocenters. The van der Waals surface area contributed by atoms with Crippen LogP contribution in [0.4, 0.5) is 18.0 Å². The van der Waals surface area contributed by atoms with E-state index in [2.05, 4.69) is 5.32 Å². The Morgan fingerprint density at radius 1 is 1.30 bits per heavy atom. The first-order chi connectivity index (χ1) is 12.6. The van der Waals surface area contributed by atoms with Gasteiger partial charge in [-0.1, -0.05) is 35.9 Å². The van der Waals surface area contributed by atoms with E-state index in [1.54, 1.807) is 6.07 Å². The number of carbonyl (C=O) groups is 2. The van der Waals surface area contributed by atoms with Crippen LogP contribution in [0, 0.1) is 5.92 Å². The Balaban J connectivity index is 2.23. The average Bonchev–Trinajstić information content (AvgIpc) is 3.13. The van der Waals surface area contributed by atoms with Gasteiger partial charge < -0.3 is 10.4 Å². The number of carbonyl (C=O) groups excluding carboxylic acids is 2. The molecular formula is C17H14ClF3N2O3S. The van der Waals surface area contributed by atoms with E-state index in [0.29, 0.717) is 0 Å². The number of aliphatic hydroxyl groups is 1. The van der Waals surface area contributed by atoms with Gasteiger partial charge in [-0.15, -0.1) is 11.3 Å². The maximum absolute atomic E-state index is 13.9. The van der Waals surface area contributed by atoms with E-state index >= 15 is 0 Å². The van der Waals surface area contributed by atoms with E-state index in [9.17, 15) is 27.9 Å². The van der Waals surface area contributed by atoms with Crippen molar-refractivity contribution in [3.63, 3.8) is 0 Å². The summed E-state index contributed by atoms with van der Waals surface area (Å²) in [4.78, 5) is 25.3. The smallest absolute Gasteiger partial charge is 0.363 e. The summed E-state index contributed by atoms with van der Waals surface area (Å²) in [7, 11) is 0.792. The molecule has 144 valence electrons. The Morgan fingerprint density at radius 2 is 1.96 bits per heavy atom. The van der Waals surface area contributed by atoms with Crippen LogP contribution in [0.3, 0.4) is 0 Å². The van der Waals surface area contributed by atoms with Crippen molar-refractivity contribution in [3.8, 4) is 0 Å². The Kier molecular flexibility index (Phi) is 4.96. The van der Waals surface area contributed by atoms with Crippen LogP contribution < -0.4 is 5.32 Å². The van der Waals surface area contributed by atoms with Gasteiger partial charge in [-0.25, -0.2) is 4.79 Å². The summed E-state index contributed by atoms with van der Waals surface area (Å²) in [5.41, 5.74) is -3.60. The van der Waals surface area contributed by atoms with Gasteiger partial charge in [0.15, 0.2) is 5.78 Å². The SMILES string of the molecule is CN1C(=O)N[C@@H](c2ccccc2Cl)[C@H](C(=O)c2cccs2)[C@]1(O)C(F)(F)F. The molecular weight excluding hydrogens is 405 g/mol. The lowest BCUT2D eigenvalue weighted by Gasteiger charge is -2.49. The molecule has 0 spiro atoms. The predicted octanol–water partition coefficient (Wildman–Crippen LogP) is 3.85. The highest BCUT2D eigenvalue weighted by Gasteiger charge is 2.69. The number of urea groups is 1. The number of thiophene rings is 1. The van der Waals surface area contributed by atoms with Crippen LogP contribution in [-0.4, -0.2) is 40.8 Å². The van der Waals surface area contributed by atoms with Gasteiger partial charge in [0.2, 0.25) is 0 Å². The molecule has 3 rings (SSSR count). The van der Waals surface area contributed by atoms with Crippen molar-refractivity contribution < 1.29 is 27.9 Å². The zero-order valence-electron chi connectivity index (χ0n) is 13.8. The third kappa shape index (κ3) is 3.09. The van der Waals surface area contributed by atoms with Gasteiger partial charge in [0, 0.05) is 12.1 Å². The van der Waals surface area contributed by atoms with Crippen molar-refractivity contribution in [2.45, 2.75) is 17.9 Å². The fraction of sp³-hybridized carbons (Fsp3) is 0.294. The lowest BCUT2D eigenvalue weighted by molar-refractivity contribution is -0.322. The summed E-state index contributed by atoms with van der Waals surface area (Å²) < 4.78 is 41.8. The molecule has 2 amide bonds. The van der Waals surface area contributed by atoms with Gasteiger partial charge in [0.25, 0.3) is 5.72 Å². The van der Waals surface area contributed by atoms with Crippen molar-refractivity contribution in [1.29, 1.82) is 0 Å². The largest absolute Gasteiger partial charge is 0.437 e. The molecule has 1 aromatic heterocycles. The second kappa shape index (κ2) is 6.81. The number of hydrogen-bond acceptors (Lipinski definition) is 4. The molecule has 5 nitrogen and oxygen atoms in total. The molecule has 2 aromatic rings. The number of ketones is 1. The van der Waals surface area contributed by atoms with Crippen LogP contribution in [-0.2, 0) is 0 Å². The molecule has 1 fully saturated rings. The lowest BCUT2D eigenvalue weighted by atomic mass is 9.78. The normalized spacial score (nSPS) is 26.0. The molecule has 1 saturated heterocycles. The topological polar surface area (TPSA) is 69.6 Å². The molecule has 27 heavy (non-hydrogen) atoms. The average molecular weight is 419 g/mol. The summed E-state index contributed by atoms with van der Waals surface area (Å²) in [6.07, 6.45) is -5.28. The Bertz CT molecular complexity index is 875. The maximum Gasteiger partial charge on any atom is 0.437 e. The van der Waals surface area contributed by atoms with E-state index in [1.165, 1.54) is 35.7 Å². The number of benzene rings is 1. The monoisotopic (exact) mass is 418 g/mol. The summed E-state index contributed by atoms with van der Waals surface area (Å²) in [6.45, 7) is 0. The maximum atomic E-state index is 13.9. The minimum Gasteiger partial charge on any atom is -0.363 e. The van der Waals surface area contributed by atoms with Gasteiger partial charge in [0.1, 0.15) is 5.92 Å². The molecule has 1 aliphatic heterocycles. The first-order valence-corrected chi connectivity index (χ1v) is 9.00. The van der Waals surface area contributed by atoms with E-state index in [4.69, 9.17) is 11.6 Å². The van der Waals surface area contributed by atoms with Crippen molar-refractivity contribution in [1.82, 2.24) is 10.2 Å². The molecule has 2 heterocycles. The van der Waals surface area contributed by atoms with Crippen molar-refractivity contribution in [3.05, 3.63) is 57.2 Å². The molecule has 0 bridgehead atoms. The minimum absolute atomic E-state index is 0.0317. The summed E-state index contributed by atoms with van der Waals surface area (Å²) >= 11 is 7.05. The standard InChI is InChI=1S/C17H14ClF3N2O3S/c1-23-15(25)22-13(9-5-2-3-6-10(9)18)12(16(23,26)17(19,20)21)14(24)11-7-4-8-27-11/h2-8,12-13,26H,1H3,(H,22,25)/t12-,13+,16+/m1/s1. The predicted molar refractivity (Wildman–Crippen MR) is 93.6 cm³/mol. The second-order valence-corrected chi connectivity index (χ2v) is 7.41. The Labute approximate surface area is 161 Å². The fourth-order valence-corrected chi connectivity index (χ4v) is 4.12. The zero-order chi connectivity index (χ0) is 20.0. The van der Waals surface area contributed by atoms with Crippen LogP contribution in [0.25, 0.3) is 0 Å². The van der Waals surface area contributed by atoms with Gasteiger partial charge in [-0.05, 0) is 23.1 Å². The lowest BCUT2D eigenvalue weighted by Crippen LogP contribution is -2.72. The van der Waals surface area contributed by atoms with Crippen LogP contribution in [0.15, 0.2) is 41.8 Å². The van der Waals surface area contributed by atoms with Crippen LogP contribution in [0.5, 0.6) is 0 Å². The number of Topliss-reactive ketones (excluding diaryl/α,β-unsaturated/α-hetero) is 1. The molecule has 1 aliphatic rings. The number of halogens is 4. The first-order valence-electron chi connectivity index (χ1n) is 7.74. The third-order valence-corrected chi connectivity index (χ3v) is 5.79. The number of rotatable bonds is 3. The highest BCUT2D eigenvalue weighted by atomic mass is 35.5. The van der Waals surface area contributed by atoms with Crippen molar-refractivity contribution in [2.24, 2.45) is 5.92 Å². The van der Waals surface area contributed by atoms with Gasteiger partial charge in [-0.3, -0.25) is 9.69 Å². The number of alkyl halides is 3. The van der Waals surface area contributed by atoms with E-state index < -0.39 is 35.7 Å². The van der Waals surface area contributed by atoms with Crippen molar-refractivity contribution >= 4 is 34.8 Å². The number of hydrogen-bond donors (Lipinski definition) is 2. The summed E-state index contributed by atoms with van der Waals surface area (Å²) in [5, 5.41) is 14.7. The van der Waals surface area contributed by atoms with E-state index in [-0.39, 0.29) is 20.4 Å². The summed E-state index contributed by atoms with van der Waals surface area (Å²) in [6, 6.07) is 6.16. The highest BCUT2D eigenvalue weighted by Crippen LogP contribution is 2.48. The van der Waals surface area contributed by atoms with Crippen LogP contribution in [0.2, 0.25) is 5.02 Å². The molecule has 10 heteroatoms. The molecule has 0 radical (unpaired) electrons. The molecule has 3 atom stereocenters. The Hall–Kier alpha value is -2.10. The van der Waals surface area contributed by atoms with Gasteiger partial charge >= 0.3 is 12.2 Å². The van der Waals surface area contributed by atoms with Gasteiger partial charge in [-0.2, -0.15) is 13.2 Å². The molecule has 1 aromatic carbocycles. The number of nitrogens with one attached hydrogen (secondary N) is 1. The fourth-order valence-electron chi connectivity index (χ4n) is 3.17. The zero-order valence-corrected chi connectivity index (χ0v) is 15.4. The second-order valence-electron chi connectivity index (χ2n) is 6.05. The van der Waals surface area contributed by atoms with Crippen molar-refractivity contribution in [2.75, 3.05) is 7.05 Å². The molecule has 0 saturated carbocycles. The van der Waals surface area contributed by atoms with Crippen LogP contribution >= 0.6 is 22.9 Å². The minimum atomic E-state index is -5.28. The summed E-state index contributed by atoms with van der Waals surface area (Å²) in [5.74, 6) is -3.00. The Morgan fingerprint density at radius 3 is 2.52 bits per heavy atom. The van der Waals surface area contributed by atoms with Gasteiger partial charge in [0.05, 0.1) is 10.9 Å². The molecule has 0 aliphatic carbocycles. The quantitative estimate of drug-likeness (QED) is 0.744. The molecule has 2 N–H and O–H groups in total. The number of amides is 2. The van der Waals surface area contributed by atoms with E-state index in [0.717, 1.165) is 18.4 Å². The number of nitrogens with zero attached hydrogens (tertiary/aromatic N) is 1. The van der Waals surface area contributed by atoms with E-state index in [1.807, 2.05) is 0 Å².